The molecule has 2 heterocycles. The van der Waals surface area contributed by atoms with Crippen LogP contribution in [0.1, 0.15) is 76.5 Å². The van der Waals surface area contributed by atoms with E-state index in [0.29, 0.717) is 17.9 Å². The molecular formula is C25H37NO4. The van der Waals surface area contributed by atoms with Gasteiger partial charge in [-0.05, 0) is 88.0 Å². The fourth-order valence-corrected chi connectivity index (χ4v) is 6.06. The van der Waals surface area contributed by atoms with Gasteiger partial charge in [-0.3, -0.25) is 4.90 Å². The zero-order valence-electron chi connectivity index (χ0n) is 18.9. The number of piperidine rings is 1. The lowest BCUT2D eigenvalue weighted by Gasteiger charge is -2.53. The topological polar surface area (TPSA) is 51.2 Å². The summed E-state index contributed by atoms with van der Waals surface area (Å²) in [7, 11) is 1.73. The fourth-order valence-electron chi connectivity index (χ4n) is 6.06. The summed E-state index contributed by atoms with van der Waals surface area (Å²) in [6.45, 7) is 7.93. The highest BCUT2D eigenvalue weighted by Gasteiger charge is 2.49. The lowest BCUT2D eigenvalue weighted by Crippen LogP contribution is -2.53. The van der Waals surface area contributed by atoms with Crippen LogP contribution < -0.4 is 9.47 Å². The minimum atomic E-state index is -0.452. The molecule has 0 unspecified atom stereocenters. The summed E-state index contributed by atoms with van der Waals surface area (Å²) in [5.41, 5.74) is 2.98. The summed E-state index contributed by atoms with van der Waals surface area (Å²) in [5, 5.41) is 10.8. The Morgan fingerprint density at radius 2 is 1.90 bits per heavy atom. The standard InChI is InChI=1S/C25H37NO4/c1-24(2,3)30-23-15-26-9-6-16-10-22(29-17-13-25(14-17)7-5-8-25)21(28-4)11-18(16)19(26)12-20(23)27/h10-11,17,19-20,23,27H,5-9,12-15H2,1-4H3/t19-,20-,23-/m1/s1. The number of hydrogen-bond donors (Lipinski definition) is 1. The van der Waals surface area contributed by atoms with Gasteiger partial charge in [0, 0.05) is 19.1 Å². The average molecular weight is 416 g/mol. The van der Waals surface area contributed by atoms with Crippen molar-refractivity contribution in [2.45, 2.75) is 95.7 Å². The number of benzene rings is 1. The molecule has 0 amide bonds. The van der Waals surface area contributed by atoms with Crippen molar-refractivity contribution in [2.75, 3.05) is 20.2 Å². The van der Waals surface area contributed by atoms with Crippen molar-refractivity contribution in [1.82, 2.24) is 4.90 Å². The van der Waals surface area contributed by atoms with Gasteiger partial charge < -0.3 is 19.3 Å². The molecule has 1 N–H and O–H groups in total. The Kier molecular flexibility index (Phi) is 5.07. The molecule has 0 aromatic heterocycles. The van der Waals surface area contributed by atoms with E-state index in [1.54, 1.807) is 7.11 Å². The van der Waals surface area contributed by atoms with E-state index >= 15 is 0 Å². The molecule has 0 radical (unpaired) electrons. The van der Waals surface area contributed by atoms with Gasteiger partial charge in [-0.15, -0.1) is 0 Å². The van der Waals surface area contributed by atoms with E-state index in [9.17, 15) is 5.11 Å². The van der Waals surface area contributed by atoms with E-state index in [2.05, 4.69) is 37.8 Å². The second kappa shape index (κ2) is 7.39. The molecule has 4 aliphatic rings. The smallest absolute Gasteiger partial charge is 0.161 e. The lowest BCUT2D eigenvalue weighted by molar-refractivity contribution is -0.149. The number of fused-ring (bicyclic) bond motifs is 3. The molecule has 30 heavy (non-hydrogen) atoms. The zero-order chi connectivity index (χ0) is 21.1. The van der Waals surface area contributed by atoms with Crippen LogP contribution in [-0.4, -0.2) is 54.1 Å². The van der Waals surface area contributed by atoms with Crippen LogP contribution in [-0.2, 0) is 11.2 Å². The molecule has 5 heteroatoms. The van der Waals surface area contributed by atoms with Gasteiger partial charge >= 0.3 is 0 Å². The van der Waals surface area contributed by atoms with Crippen molar-refractivity contribution < 1.29 is 19.3 Å². The van der Waals surface area contributed by atoms with Gasteiger partial charge in [0.2, 0.25) is 0 Å². The van der Waals surface area contributed by atoms with Crippen molar-refractivity contribution >= 4 is 0 Å². The first-order valence-electron chi connectivity index (χ1n) is 11.7. The Hall–Kier alpha value is -1.30. The van der Waals surface area contributed by atoms with Gasteiger partial charge in [0.1, 0.15) is 0 Å². The van der Waals surface area contributed by atoms with Crippen LogP contribution in [0.3, 0.4) is 0 Å². The Morgan fingerprint density at radius 3 is 2.53 bits per heavy atom. The highest BCUT2D eigenvalue weighted by Crippen LogP contribution is 2.57. The van der Waals surface area contributed by atoms with Crippen molar-refractivity contribution in [3.63, 3.8) is 0 Å². The normalized spacial score (nSPS) is 30.8. The van der Waals surface area contributed by atoms with E-state index in [-0.39, 0.29) is 17.7 Å². The molecule has 5 rings (SSSR count). The second-order valence-corrected chi connectivity index (χ2v) is 11.0. The van der Waals surface area contributed by atoms with Crippen LogP contribution in [0.4, 0.5) is 0 Å². The minimum absolute atomic E-state index is 0.134. The maximum absolute atomic E-state index is 10.8. The van der Waals surface area contributed by atoms with Gasteiger partial charge in [-0.25, -0.2) is 0 Å². The Balaban J connectivity index is 1.32. The third kappa shape index (κ3) is 3.74. The van der Waals surface area contributed by atoms with E-state index in [1.165, 1.54) is 43.2 Å². The quantitative estimate of drug-likeness (QED) is 0.797. The van der Waals surface area contributed by atoms with E-state index in [1.807, 2.05) is 0 Å². The van der Waals surface area contributed by atoms with Gasteiger partial charge in [0.05, 0.1) is 31.0 Å². The number of ether oxygens (including phenoxy) is 3. The number of nitrogens with zero attached hydrogens (tertiary/aromatic N) is 1. The third-order valence-electron chi connectivity index (χ3n) is 7.74. The second-order valence-electron chi connectivity index (χ2n) is 11.0. The largest absolute Gasteiger partial charge is 0.493 e. The summed E-state index contributed by atoms with van der Waals surface area (Å²) in [4.78, 5) is 2.47. The van der Waals surface area contributed by atoms with Crippen LogP contribution in [0.25, 0.3) is 0 Å². The maximum atomic E-state index is 10.8. The van der Waals surface area contributed by atoms with E-state index < -0.39 is 6.10 Å². The predicted octanol–water partition coefficient (Wildman–Crippen LogP) is 4.25. The molecule has 1 spiro atoms. The molecule has 1 saturated heterocycles. The molecule has 2 saturated carbocycles. The summed E-state index contributed by atoms with van der Waals surface area (Å²) in [6, 6.07) is 4.59. The average Bonchev–Trinajstić information content (AvgIpc) is 2.61. The number of rotatable bonds is 4. The van der Waals surface area contributed by atoms with E-state index in [0.717, 1.165) is 31.0 Å². The summed E-state index contributed by atoms with van der Waals surface area (Å²) in [5.74, 6) is 1.72. The lowest BCUT2D eigenvalue weighted by atomic mass is 9.55. The predicted molar refractivity (Wildman–Crippen MR) is 116 cm³/mol. The SMILES string of the molecule is COc1cc2c(cc1OC1CC3(CCC3)C1)CCN1C[C@@H](OC(C)(C)C)[C@H](O)C[C@H]21. The number of aliphatic hydroxyl groups excluding tert-OH is 1. The summed E-state index contributed by atoms with van der Waals surface area (Å²) in [6.07, 6.45) is 8.00. The Bertz CT molecular complexity index is 789. The van der Waals surface area contributed by atoms with E-state index in [4.69, 9.17) is 14.2 Å². The minimum Gasteiger partial charge on any atom is -0.493 e. The maximum Gasteiger partial charge on any atom is 0.161 e. The molecule has 1 aromatic carbocycles. The Morgan fingerprint density at radius 1 is 1.13 bits per heavy atom. The Labute approximate surface area is 180 Å². The molecular weight excluding hydrogens is 378 g/mol. The first kappa shape index (κ1) is 20.6. The van der Waals surface area contributed by atoms with Crippen LogP contribution in [0.2, 0.25) is 0 Å². The number of aliphatic hydroxyl groups is 1. The van der Waals surface area contributed by atoms with Gasteiger partial charge in [-0.1, -0.05) is 6.42 Å². The van der Waals surface area contributed by atoms with Crippen molar-refractivity contribution in [2.24, 2.45) is 5.41 Å². The van der Waals surface area contributed by atoms with Gasteiger partial charge in [0.25, 0.3) is 0 Å². The molecule has 166 valence electrons. The highest BCUT2D eigenvalue weighted by molar-refractivity contribution is 5.50. The molecule has 1 aromatic rings. The summed E-state index contributed by atoms with van der Waals surface area (Å²) < 4.78 is 18.3. The van der Waals surface area contributed by atoms with Gasteiger partial charge in [-0.2, -0.15) is 0 Å². The molecule has 2 aliphatic carbocycles. The molecule has 3 atom stereocenters. The van der Waals surface area contributed by atoms with Crippen molar-refractivity contribution in [1.29, 1.82) is 0 Å². The fraction of sp³-hybridized carbons (Fsp3) is 0.760. The molecule has 3 fully saturated rings. The zero-order valence-corrected chi connectivity index (χ0v) is 18.9. The van der Waals surface area contributed by atoms with Crippen molar-refractivity contribution in [3.8, 4) is 11.5 Å². The van der Waals surface area contributed by atoms with Gasteiger partial charge in [0.15, 0.2) is 11.5 Å². The number of methoxy groups -OCH3 is 1. The summed E-state index contributed by atoms with van der Waals surface area (Å²) >= 11 is 0. The third-order valence-corrected chi connectivity index (χ3v) is 7.74. The molecule has 5 nitrogen and oxygen atoms in total. The van der Waals surface area contributed by atoms with Crippen LogP contribution in [0, 0.1) is 5.41 Å². The highest BCUT2D eigenvalue weighted by atomic mass is 16.5. The molecule has 2 aliphatic heterocycles. The van der Waals surface area contributed by atoms with Crippen LogP contribution in [0.5, 0.6) is 11.5 Å². The van der Waals surface area contributed by atoms with Crippen LogP contribution >= 0.6 is 0 Å². The first-order chi connectivity index (χ1) is 14.3. The van der Waals surface area contributed by atoms with Crippen molar-refractivity contribution in [3.05, 3.63) is 23.3 Å². The molecule has 0 bridgehead atoms. The first-order valence-corrected chi connectivity index (χ1v) is 11.7. The monoisotopic (exact) mass is 415 g/mol. The number of hydrogen-bond acceptors (Lipinski definition) is 5. The van der Waals surface area contributed by atoms with Crippen LogP contribution in [0.15, 0.2) is 12.1 Å².